The average Bonchev–Trinajstić information content (AvgIpc) is 2.14. The number of hydrogen-bond donors (Lipinski definition) is 0. The Hall–Kier alpha value is -1.83. The van der Waals surface area contributed by atoms with Crippen molar-refractivity contribution in [2.75, 3.05) is 0 Å². The molecular formula is C9H4F3NO. The van der Waals surface area contributed by atoms with Crippen LogP contribution in [0.4, 0.5) is 13.2 Å². The average molecular weight is 199 g/mol. The molecule has 72 valence electrons. The lowest BCUT2D eigenvalue weighted by Gasteiger charge is -2.03. The Bertz CT molecular complexity index is 383. The van der Waals surface area contributed by atoms with Crippen molar-refractivity contribution in [2.24, 2.45) is 0 Å². The molecule has 0 bridgehead atoms. The van der Waals surface area contributed by atoms with E-state index in [1.165, 1.54) is 0 Å². The zero-order chi connectivity index (χ0) is 10.6. The van der Waals surface area contributed by atoms with Gasteiger partial charge in [0.05, 0.1) is 0 Å². The molecule has 2 nitrogen and oxygen atoms in total. The summed E-state index contributed by atoms with van der Waals surface area (Å²) in [6, 6.07) is 1.97. The molecule has 0 radical (unpaired) electrons. The summed E-state index contributed by atoms with van der Waals surface area (Å²) in [5, 5.41) is 0. The van der Waals surface area contributed by atoms with E-state index in [1.807, 2.05) is 0 Å². The van der Waals surface area contributed by atoms with Crippen molar-refractivity contribution in [1.29, 1.82) is 0 Å². The normalized spacial score (nSPS) is 10.2. The first-order valence-electron chi connectivity index (χ1n) is 3.52. The molecular weight excluding hydrogens is 195 g/mol. The highest BCUT2D eigenvalue weighted by atomic mass is 19.4. The van der Waals surface area contributed by atoms with Crippen molar-refractivity contribution in [3.8, 4) is 11.8 Å². The van der Waals surface area contributed by atoms with E-state index in [4.69, 9.17) is 0 Å². The largest absolute Gasteiger partial charge is 0.433 e. The third kappa shape index (κ3) is 2.59. The van der Waals surface area contributed by atoms with Crippen LogP contribution in [0.5, 0.6) is 0 Å². The van der Waals surface area contributed by atoms with Gasteiger partial charge in [-0.2, -0.15) is 13.2 Å². The minimum atomic E-state index is -4.45. The molecule has 0 amide bonds. The Labute approximate surface area is 77.8 Å². The summed E-state index contributed by atoms with van der Waals surface area (Å²) < 4.78 is 36.1. The Kier molecular flexibility index (Phi) is 2.87. The van der Waals surface area contributed by atoms with Gasteiger partial charge in [-0.3, -0.25) is 9.78 Å². The number of pyridine rings is 1. The molecule has 0 aromatic carbocycles. The summed E-state index contributed by atoms with van der Waals surface area (Å²) in [7, 11) is 0. The first-order chi connectivity index (χ1) is 6.54. The number of aromatic nitrogens is 1. The Balaban J connectivity index is 2.95. The summed E-state index contributed by atoms with van der Waals surface area (Å²) in [5.74, 6) is 4.40. The van der Waals surface area contributed by atoms with Gasteiger partial charge in [-0.25, -0.2) is 0 Å². The second-order valence-electron chi connectivity index (χ2n) is 2.32. The molecule has 1 aromatic heterocycles. The first kappa shape index (κ1) is 10.3. The standard InChI is InChI=1S/C9H4F3NO/c10-9(11,12)8-4-3-7(6-13-8)2-1-5-14/h3-6H. The zero-order valence-corrected chi connectivity index (χ0v) is 6.80. The number of nitrogens with zero attached hydrogens (tertiary/aromatic N) is 1. The van der Waals surface area contributed by atoms with Crippen LogP contribution in [0.2, 0.25) is 0 Å². The van der Waals surface area contributed by atoms with E-state index >= 15 is 0 Å². The van der Waals surface area contributed by atoms with Gasteiger partial charge < -0.3 is 0 Å². The molecule has 0 aliphatic carbocycles. The minimum Gasteiger partial charge on any atom is -0.289 e. The maximum atomic E-state index is 12.0. The van der Waals surface area contributed by atoms with Gasteiger partial charge in [-0.05, 0) is 18.1 Å². The van der Waals surface area contributed by atoms with Gasteiger partial charge in [0.1, 0.15) is 5.69 Å². The van der Waals surface area contributed by atoms with E-state index in [9.17, 15) is 18.0 Å². The number of carbonyl (C=O) groups excluding carboxylic acids is 1. The summed E-state index contributed by atoms with van der Waals surface area (Å²) in [4.78, 5) is 13.0. The molecule has 0 aliphatic heterocycles. The van der Waals surface area contributed by atoms with Gasteiger partial charge >= 0.3 is 6.18 Å². The van der Waals surface area contributed by atoms with Crippen molar-refractivity contribution < 1.29 is 18.0 Å². The predicted molar refractivity (Wildman–Crippen MR) is 42.2 cm³/mol. The van der Waals surface area contributed by atoms with Crippen molar-refractivity contribution in [2.45, 2.75) is 6.18 Å². The van der Waals surface area contributed by atoms with Crippen molar-refractivity contribution in [3.63, 3.8) is 0 Å². The zero-order valence-electron chi connectivity index (χ0n) is 6.80. The monoisotopic (exact) mass is 199 g/mol. The second kappa shape index (κ2) is 3.92. The molecule has 0 aliphatic rings. The van der Waals surface area contributed by atoms with Crippen LogP contribution in [-0.4, -0.2) is 11.3 Å². The van der Waals surface area contributed by atoms with E-state index in [-0.39, 0.29) is 5.56 Å². The van der Waals surface area contributed by atoms with E-state index in [1.54, 1.807) is 0 Å². The number of rotatable bonds is 0. The molecule has 1 heterocycles. The fraction of sp³-hybridized carbons (Fsp3) is 0.111. The van der Waals surface area contributed by atoms with Gasteiger partial charge in [0.25, 0.3) is 0 Å². The van der Waals surface area contributed by atoms with Gasteiger partial charge in [-0.15, -0.1) is 0 Å². The molecule has 1 aromatic rings. The SMILES string of the molecule is O=CC#Cc1ccc(C(F)(F)F)nc1. The predicted octanol–water partition coefficient (Wildman–Crippen LogP) is 1.65. The van der Waals surface area contributed by atoms with Crippen LogP contribution in [0.25, 0.3) is 0 Å². The topological polar surface area (TPSA) is 30.0 Å². The third-order valence-electron chi connectivity index (χ3n) is 1.33. The fourth-order valence-corrected chi connectivity index (χ4v) is 0.748. The highest BCUT2D eigenvalue weighted by molar-refractivity contribution is 5.73. The minimum absolute atomic E-state index is 0.269. The number of hydrogen-bond acceptors (Lipinski definition) is 2. The smallest absolute Gasteiger partial charge is 0.289 e. The molecule has 0 fully saturated rings. The van der Waals surface area contributed by atoms with E-state index in [0.717, 1.165) is 18.3 Å². The van der Waals surface area contributed by atoms with Crippen LogP contribution in [0.3, 0.4) is 0 Å². The van der Waals surface area contributed by atoms with Crippen LogP contribution in [0.1, 0.15) is 11.3 Å². The lowest BCUT2D eigenvalue weighted by molar-refractivity contribution is -0.141. The van der Waals surface area contributed by atoms with Crippen molar-refractivity contribution in [1.82, 2.24) is 4.98 Å². The van der Waals surface area contributed by atoms with Gasteiger partial charge in [0.2, 0.25) is 0 Å². The summed E-state index contributed by atoms with van der Waals surface area (Å²) in [6.07, 6.45) is -3.12. The highest BCUT2D eigenvalue weighted by Gasteiger charge is 2.31. The summed E-state index contributed by atoms with van der Waals surface area (Å²) >= 11 is 0. The summed E-state index contributed by atoms with van der Waals surface area (Å²) in [5.41, 5.74) is -0.709. The fourth-order valence-electron chi connectivity index (χ4n) is 0.748. The number of aldehydes is 1. The quantitative estimate of drug-likeness (QED) is 0.469. The number of carbonyl (C=O) groups is 1. The van der Waals surface area contributed by atoms with Crippen LogP contribution >= 0.6 is 0 Å². The number of alkyl halides is 3. The molecule has 1 rings (SSSR count). The van der Waals surface area contributed by atoms with E-state index in [2.05, 4.69) is 16.8 Å². The molecule has 0 spiro atoms. The van der Waals surface area contributed by atoms with Crippen LogP contribution in [-0.2, 0) is 11.0 Å². The van der Waals surface area contributed by atoms with E-state index in [0.29, 0.717) is 6.29 Å². The molecule has 0 N–H and O–H groups in total. The third-order valence-corrected chi connectivity index (χ3v) is 1.33. The highest BCUT2D eigenvalue weighted by Crippen LogP contribution is 2.26. The van der Waals surface area contributed by atoms with Gasteiger partial charge in [0, 0.05) is 11.8 Å². The molecule has 0 unspecified atom stereocenters. The Morgan fingerprint density at radius 1 is 1.36 bits per heavy atom. The molecule has 0 atom stereocenters. The second-order valence-corrected chi connectivity index (χ2v) is 2.32. The molecule has 0 saturated heterocycles. The lowest BCUT2D eigenvalue weighted by Crippen LogP contribution is -2.07. The van der Waals surface area contributed by atoms with Crippen molar-refractivity contribution in [3.05, 3.63) is 29.6 Å². The molecule has 0 saturated carbocycles. The Morgan fingerprint density at radius 2 is 2.07 bits per heavy atom. The lowest BCUT2D eigenvalue weighted by atomic mass is 10.2. The van der Waals surface area contributed by atoms with Gasteiger partial charge in [0.15, 0.2) is 6.29 Å². The first-order valence-corrected chi connectivity index (χ1v) is 3.52. The van der Waals surface area contributed by atoms with Crippen molar-refractivity contribution >= 4 is 6.29 Å². The van der Waals surface area contributed by atoms with Crippen LogP contribution in [0.15, 0.2) is 18.3 Å². The van der Waals surface area contributed by atoms with Gasteiger partial charge in [-0.1, -0.05) is 5.92 Å². The maximum absolute atomic E-state index is 12.0. The number of halogens is 3. The maximum Gasteiger partial charge on any atom is 0.433 e. The van der Waals surface area contributed by atoms with Crippen LogP contribution in [0, 0.1) is 11.8 Å². The molecule has 5 heteroatoms. The summed E-state index contributed by atoms with van der Waals surface area (Å²) in [6.45, 7) is 0. The Morgan fingerprint density at radius 3 is 2.50 bits per heavy atom. The van der Waals surface area contributed by atoms with Crippen LogP contribution < -0.4 is 0 Å². The molecule has 14 heavy (non-hydrogen) atoms. The van der Waals surface area contributed by atoms with E-state index < -0.39 is 11.9 Å².